The first-order chi connectivity index (χ1) is 9.83. The molecule has 6 heteroatoms. The van der Waals surface area contributed by atoms with Crippen LogP contribution in [0.4, 0.5) is 5.82 Å². The van der Waals surface area contributed by atoms with E-state index < -0.39 is 0 Å². The number of aromatic nitrogens is 2. The van der Waals surface area contributed by atoms with Crippen molar-refractivity contribution in [2.75, 3.05) is 16.8 Å². The minimum absolute atomic E-state index is 0.00801. The Morgan fingerprint density at radius 1 is 1.20 bits per heavy atom. The van der Waals surface area contributed by atoms with Crippen LogP contribution in [0.15, 0.2) is 12.3 Å². The molecule has 2 aliphatic rings. The van der Waals surface area contributed by atoms with Gasteiger partial charge in [0.2, 0.25) is 5.91 Å². The van der Waals surface area contributed by atoms with Crippen molar-refractivity contribution in [3.63, 3.8) is 0 Å². The highest BCUT2D eigenvalue weighted by atomic mass is 32.2. The predicted octanol–water partition coefficient (Wildman–Crippen LogP) is 3.27. The number of carbonyl (C=O) groups excluding carboxylic acids is 1. The Kier molecular flexibility index (Phi) is 4.83. The Morgan fingerprint density at radius 3 is 2.70 bits per heavy atom. The molecule has 1 aliphatic heterocycles. The molecule has 0 atom stereocenters. The lowest BCUT2D eigenvalue weighted by Gasteiger charge is -2.20. The average Bonchev–Trinajstić information content (AvgIpc) is 3.03. The third-order valence-electron chi connectivity index (χ3n) is 3.69. The van der Waals surface area contributed by atoms with Gasteiger partial charge in [0.1, 0.15) is 16.2 Å². The molecule has 1 saturated carbocycles. The third kappa shape index (κ3) is 3.47. The summed E-state index contributed by atoms with van der Waals surface area (Å²) in [4.78, 5) is 21.1. The van der Waals surface area contributed by atoms with Crippen molar-refractivity contribution in [1.29, 1.82) is 0 Å². The number of hydrogen-bond acceptors (Lipinski definition) is 5. The standard InChI is InChI=1S/C14H19N3OS2/c18-13(14-19-8-3-9-20-14)17-11-6-7-15-12(16-11)10-4-1-2-5-10/h6-7,10,14H,1-5,8-9H2,(H,15,16,17,18). The molecule has 2 fully saturated rings. The van der Waals surface area contributed by atoms with Crippen molar-refractivity contribution in [1.82, 2.24) is 9.97 Å². The largest absolute Gasteiger partial charge is 0.309 e. The maximum Gasteiger partial charge on any atom is 0.248 e. The van der Waals surface area contributed by atoms with Crippen molar-refractivity contribution in [3.8, 4) is 0 Å². The fourth-order valence-corrected chi connectivity index (χ4v) is 5.26. The number of thioether (sulfide) groups is 2. The number of nitrogens with zero attached hydrogens (tertiary/aromatic N) is 2. The first-order valence-corrected chi connectivity index (χ1v) is 9.30. The smallest absolute Gasteiger partial charge is 0.248 e. The molecule has 1 saturated heterocycles. The highest BCUT2D eigenvalue weighted by Gasteiger charge is 2.24. The molecule has 108 valence electrons. The van der Waals surface area contributed by atoms with Crippen LogP contribution in [-0.2, 0) is 4.79 Å². The van der Waals surface area contributed by atoms with Gasteiger partial charge in [-0.3, -0.25) is 4.79 Å². The molecule has 0 aromatic carbocycles. The molecule has 20 heavy (non-hydrogen) atoms. The van der Waals surface area contributed by atoms with Crippen LogP contribution >= 0.6 is 23.5 Å². The molecule has 3 rings (SSSR count). The first-order valence-electron chi connectivity index (χ1n) is 7.20. The number of hydrogen-bond donors (Lipinski definition) is 1. The minimum Gasteiger partial charge on any atom is -0.309 e. The van der Waals surface area contributed by atoms with Crippen LogP contribution in [0.3, 0.4) is 0 Å². The molecule has 1 aromatic heterocycles. The molecule has 2 heterocycles. The molecule has 1 amide bonds. The molecule has 4 nitrogen and oxygen atoms in total. The Labute approximate surface area is 127 Å². The summed E-state index contributed by atoms with van der Waals surface area (Å²) >= 11 is 3.46. The highest BCUT2D eigenvalue weighted by molar-refractivity contribution is 8.18. The van der Waals surface area contributed by atoms with Gasteiger partial charge in [0.05, 0.1) is 0 Å². The van der Waals surface area contributed by atoms with Gasteiger partial charge in [0, 0.05) is 12.1 Å². The Bertz CT molecular complexity index is 471. The summed E-state index contributed by atoms with van der Waals surface area (Å²) in [7, 11) is 0. The monoisotopic (exact) mass is 309 g/mol. The summed E-state index contributed by atoms with van der Waals surface area (Å²) in [6, 6.07) is 1.79. The molecular formula is C14H19N3OS2. The fourth-order valence-electron chi connectivity index (χ4n) is 2.65. The van der Waals surface area contributed by atoms with Gasteiger partial charge >= 0.3 is 0 Å². The van der Waals surface area contributed by atoms with Crippen molar-refractivity contribution in [2.24, 2.45) is 0 Å². The summed E-state index contributed by atoms with van der Waals surface area (Å²) in [5, 5.41) is 2.94. The van der Waals surface area contributed by atoms with Gasteiger partial charge < -0.3 is 5.32 Å². The molecule has 0 radical (unpaired) electrons. The van der Waals surface area contributed by atoms with E-state index >= 15 is 0 Å². The fraction of sp³-hybridized carbons (Fsp3) is 0.643. The molecule has 1 N–H and O–H groups in total. The molecule has 1 aliphatic carbocycles. The molecule has 1 aromatic rings. The van der Waals surface area contributed by atoms with E-state index in [1.54, 1.807) is 35.8 Å². The number of rotatable bonds is 3. The van der Waals surface area contributed by atoms with Crippen molar-refractivity contribution in [2.45, 2.75) is 42.6 Å². The van der Waals surface area contributed by atoms with Crippen molar-refractivity contribution >= 4 is 35.2 Å². The lowest BCUT2D eigenvalue weighted by Crippen LogP contribution is -2.26. The van der Waals surface area contributed by atoms with Gasteiger partial charge in [-0.25, -0.2) is 9.97 Å². The summed E-state index contributed by atoms with van der Waals surface area (Å²) < 4.78 is 0.00801. The minimum atomic E-state index is 0.00801. The summed E-state index contributed by atoms with van der Waals surface area (Å²) in [6.07, 6.45) is 7.83. The van der Waals surface area contributed by atoms with Crippen LogP contribution in [0.1, 0.15) is 43.8 Å². The molecule has 0 unspecified atom stereocenters. The van der Waals surface area contributed by atoms with E-state index in [9.17, 15) is 4.79 Å². The van der Waals surface area contributed by atoms with Crippen molar-refractivity contribution < 1.29 is 4.79 Å². The quantitative estimate of drug-likeness (QED) is 0.928. The SMILES string of the molecule is O=C(Nc1ccnc(C2CCCC2)n1)C1SCCCS1. The molecule has 0 bridgehead atoms. The summed E-state index contributed by atoms with van der Waals surface area (Å²) in [5.74, 6) is 4.23. The van der Waals surface area contributed by atoms with E-state index in [2.05, 4.69) is 15.3 Å². The second kappa shape index (κ2) is 6.80. The zero-order valence-electron chi connectivity index (χ0n) is 11.4. The van der Waals surface area contributed by atoms with Gasteiger partial charge in [-0.1, -0.05) is 12.8 Å². The lowest BCUT2D eigenvalue weighted by molar-refractivity contribution is -0.114. The average molecular weight is 309 g/mol. The maximum atomic E-state index is 12.2. The van der Waals surface area contributed by atoms with Crippen molar-refractivity contribution in [3.05, 3.63) is 18.1 Å². The molecular weight excluding hydrogens is 290 g/mol. The predicted molar refractivity (Wildman–Crippen MR) is 85.2 cm³/mol. The van der Waals surface area contributed by atoms with Crippen LogP contribution < -0.4 is 5.32 Å². The Morgan fingerprint density at radius 2 is 1.95 bits per heavy atom. The maximum absolute atomic E-state index is 12.2. The van der Waals surface area contributed by atoms with E-state index in [1.165, 1.54) is 32.1 Å². The number of anilines is 1. The first kappa shape index (κ1) is 14.2. The van der Waals surface area contributed by atoms with E-state index in [1.807, 2.05) is 0 Å². The second-order valence-corrected chi connectivity index (χ2v) is 7.92. The van der Waals surface area contributed by atoms with E-state index in [0.29, 0.717) is 11.7 Å². The zero-order valence-corrected chi connectivity index (χ0v) is 13.0. The highest BCUT2D eigenvalue weighted by Crippen LogP contribution is 2.33. The summed E-state index contributed by atoms with van der Waals surface area (Å²) in [6.45, 7) is 0. The van der Waals surface area contributed by atoms with Gasteiger partial charge in [-0.05, 0) is 36.8 Å². The van der Waals surface area contributed by atoms with Crippen LogP contribution in [0.2, 0.25) is 0 Å². The van der Waals surface area contributed by atoms with E-state index in [-0.39, 0.29) is 10.5 Å². The normalized spacial score (nSPS) is 21.0. The Hall–Kier alpha value is -0.750. The van der Waals surface area contributed by atoms with Gasteiger partial charge in [0.25, 0.3) is 0 Å². The van der Waals surface area contributed by atoms with Crippen LogP contribution in [0.5, 0.6) is 0 Å². The van der Waals surface area contributed by atoms with Gasteiger partial charge in [0.15, 0.2) is 0 Å². The van der Waals surface area contributed by atoms with Gasteiger partial charge in [-0.2, -0.15) is 0 Å². The lowest BCUT2D eigenvalue weighted by atomic mass is 10.1. The van der Waals surface area contributed by atoms with E-state index in [0.717, 1.165) is 17.3 Å². The molecule has 0 spiro atoms. The van der Waals surface area contributed by atoms with Crippen LogP contribution in [0.25, 0.3) is 0 Å². The number of nitrogens with one attached hydrogen (secondary N) is 1. The topological polar surface area (TPSA) is 54.9 Å². The zero-order chi connectivity index (χ0) is 13.8. The van der Waals surface area contributed by atoms with Gasteiger partial charge in [-0.15, -0.1) is 23.5 Å². The third-order valence-corrected chi connectivity index (χ3v) is 6.59. The van der Waals surface area contributed by atoms with E-state index in [4.69, 9.17) is 0 Å². The number of amides is 1. The number of carbonyl (C=O) groups is 1. The van der Waals surface area contributed by atoms with Crippen LogP contribution in [-0.4, -0.2) is 32.0 Å². The Balaban J connectivity index is 1.64. The summed E-state index contributed by atoms with van der Waals surface area (Å²) in [5.41, 5.74) is 0. The van der Waals surface area contributed by atoms with Crippen LogP contribution in [0, 0.1) is 0 Å². The second-order valence-electron chi connectivity index (χ2n) is 5.20.